The van der Waals surface area contributed by atoms with E-state index in [1.165, 1.54) is 0 Å². The molecule has 6 heteroatoms. The van der Waals surface area contributed by atoms with Crippen LogP contribution < -0.4 is 20.5 Å². The van der Waals surface area contributed by atoms with Crippen molar-refractivity contribution in [2.24, 2.45) is 16.6 Å². The Hall–Kier alpha value is -1.95. The molecule has 0 fully saturated rings. The standard InChI is InChI=1S/C16H27N3O3/c1-12(2)7-9-22-10-8-18-16(17)19-13-5-6-14(20-3)15(11-13)21-4/h5-6,11-12H,7-10H2,1-4H3,(H3,17,18,19). The lowest BCUT2D eigenvalue weighted by molar-refractivity contribution is 0.131. The molecule has 0 saturated carbocycles. The van der Waals surface area contributed by atoms with Gasteiger partial charge in [-0.2, -0.15) is 0 Å². The number of ether oxygens (including phenoxy) is 3. The second-order valence-electron chi connectivity index (χ2n) is 5.26. The highest BCUT2D eigenvalue weighted by Crippen LogP contribution is 2.29. The topological polar surface area (TPSA) is 78.1 Å². The Labute approximate surface area is 132 Å². The SMILES string of the molecule is COc1ccc(NC(N)=NCCOCCC(C)C)cc1OC. The van der Waals surface area contributed by atoms with E-state index in [1.54, 1.807) is 20.3 Å². The van der Waals surface area contributed by atoms with Crippen LogP contribution in [0.15, 0.2) is 23.2 Å². The van der Waals surface area contributed by atoms with Crippen molar-refractivity contribution in [3.05, 3.63) is 18.2 Å². The van der Waals surface area contributed by atoms with E-state index in [0.717, 1.165) is 18.7 Å². The zero-order chi connectivity index (χ0) is 16.4. The minimum Gasteiger partial charge on any atom is -0.493 e. The van der Waals surface area contributed by atoms with Gasteiger partial charge in [0.2, 0.25) is 0 Å². The van der Waals surface area contributed by atoms with Crippen LogP contribution in [0.3, 0.4) is 0 Å². The molecule has 0 heterocycles. The largest absolute Gasteiger partial charge is 0.493 e. The van der Waals surface area contributed by atoms with E-state index in [4.69, 9.17) is 19.9 Å². The van der Waals surface area contributed by atoms with Crippen molar-refractivity contribution in [2.75, 3.05) is 39.3 Å². The van der Waals surface area contributed by atoms with Crippen molar-refractivity contribution in [3.8, 4) is 11.5 Å². The first-order valence-electron chi connectivity index (χ1n) is 7.43. The van der Waals surface area contributed by atoms with E-state index in [-0.39, 0.29) is 0 Å². The van der Waals surface area contributed by atoms with Crippen LogP contribution in [0.1, 0.15) is 20.3 Å². The number of nitrogens with one attached hydrogen (secondary N) is 1. The Balaban J connectivity index is 2.40. The van der Waals surface area contributed by atoms with Crippen molar-refractivity contribution >= 4 is 11.6 Å². The summed E-state index contributed by atoms with van der Waals surface area (Å²) in [4.78, 5) is 4.22. The summed E-state index contributed by atoms with van der Waals surface area (Å²) in [5, 5.41) is 3.01. The summed E-state index contributed by atoms with van der Waals surface area (Å²) in [5.41, 5.74) is 6.63. The number of benzene rings is 1. The maximum Gasteiger partial charge on any atom is 0.193 e. The van der Waals surface area contributed by atoms with Gasteiger partial charge in [-0.25, -0.2) is 0 Å². The molecule has 3 N–H and O–H groups in total. The molecule has 6 nitrogen and oxygen atoms in total. The third-order valence-electron chi connectivity index (χ3n) is 3.01. The lowest BCUT2D eigenvalue weighted by Gasteiger charge is -2.11. The van der Waals surface area contributed by atoms with Crippen molar-refractivity contribution in [3.63, 3.8) is 0 Å². The molecule has 1 rings (SSSR count). The molecule has 0 aliphatic heterocycles. The quantitative estimate of drug-likeness (QED) is 0.416. The number of rotatable bonds is 9. The number of aliphatic imine (C=N–C) groups is 1. The first-order valence-corrected chi connectivity index (χ1v) is 7.43. The van der Waals surface area contributed by atoms with Gasteiger partial charge in [-0.3, -0.25) is 4.99 Å². The molecule has 0 unspecified atom stereocenters. The summed E-state index contributed by atoms with van der Waals surface area (Å²) in [6, 6.07) is 5.46. The smallest absolute Gasteiger partial charge is 0.193 e. The third kappa shape index (κ3) is 6.67. The van der Waals surface area contributed by atoms with Crippen LogP contribution in [0.25, 0.3) is 0 Å². The highest BCUT2D eigenvalue weighted by molar-refractivity contribution is 5.92. The molecular weight excluding hydrogens is 282 g/mol. The first-order chi connectivity index (χ1) is 10.6. The summed E-state index contributed by atoms with van der Waals surface area (Å²) < 4.78 is 15.9. The van der Waals surface area contributed by atoms with Gasteiger partial charge in [0.1, 0.15) is 0 Å². The average Bonchev–Trinajstić information content (AvgIpc) is 2.50. The van der Waals surface area contributed by atoms with Crippen LogP contribution in [0.4, 0.5) is 5.69 Å². The number of guanidine groups is 1. The van der Waals surface area contributed by atoms with Crippen LogP contribution in [0, 0.1) is 5.92 Å². The Bertz CT molecular complexity index is 476. The van der Waals surface area contributed by atoms with Crippen LogP contribution in [-0.4, -0.2) is 39.9 Å². The molecule has 0 aliphatic rings. The van der Waals surface area contributed by atoms with E-state index in [0.29, 0.717) is 36.5 Å². The minimum atomic E-state index is 0.347. The van der Waals surface area contributed by atoms with Gasteiger partial charge in [-0.15, -0.1) is 0 Å². The predicted molar refractivity (Wildman–Crippen MR) is 89.9 cm³/mol. The number of nitrogens with zero attached hydrogens (tertiary/aromatic N) is 1. The van der Waals surface area contributed by atoms with Gasteiger partial charge in [0.15, 0.2) is 17.5 Å². The van der Waals surface area contributed by atoms with E-state index in [9.17, 15) is 0 Å². The van der Waals surface area contributed by atoms with E-state index >= 15 is 0 Å². The molecular formula is C16H27N3O3. The fourth-order valence-corrected chi connectivity index (χ4v) is 1.75. The molecule has 1 aromatic rings. The number of hydrogen-bond acceptors (Lipinski definition) is 4. The van der Waals surface area contributed by atoms with Gasteiger partial charge < -0.3 is 25.3 Å². The van der Waals surface area contributed by atoms with Gasteiger partial charge >= 0.3 is 0 Å². The summed E-state index contributed by atoms with van der Waals surface area (Å²) in [6.45, 7) is 6.21. The Morgan fingerprint density at radius 3 is 2.55 bits per heavy atom. The molecule has 0 radical (unpaired) electrons. The van der Waals surface area contributed by atoms with E-state index < -0.39 is 0 Å². The van der Waals surface area contributed by atoms with Crippen molar-refractivity contribution < 1.29 is 14.2 Å². The van der Waals surface area contributed by atoms with E-state index in [2.05, 4.69) is 24.2 Å². The maximum atomic E-state index is 5.84. The lowest BCUT2D eigenvalue weighted by atomic mass is 10.1. The molecule has 0 aliphatic carbocycles. The van der Waals surface area contributed by atoms with Gasteiger partial charge in [0.05, 0.1) is 27.4 Å². The second kappa shape index (κ2) is 9.89. The van der Waals surface area contributed by atoms with Gasteiger partial charge in [-0.05, 0) is 24.5 Å². The van der Waals surface area contributed by atoms with E-state index in [1.807, 2.05) is 12.1 Å². The lowest BCUT2D eigenvalue weighted by Crippen LogP contribution is -2.23. The Morgan fingerprint density at radius 1 is 1.18 bits per heavy atom. The predicted octanol–water partition coefficient (Wildman–Crippen LogP) is 2.49. The highest BCUT2D eigenvalue weighted by atomic mass is 16.5. The van der Waals surface area contributed by atoms with Crippen LogP contribution in [-0.2, 0) is 4.74 Å². The zero-order valence-electron chi connectivity index (χ0n) is 13.9. The summed E-state index contributed by atoms with van der Waals surface area (Å²) in [7, 11) is 3.19. The maximum absolute atomic E-state index is 5.84. The molecule has 124 valence electrons. The number of nitrogens with two attached hydrogens (primary N) is 1. The van der Waals surface area contributed by atoms with Crippen LogP contribution >= 0.6 is 0 Å². The number of anilines is 1. The fraction of sp³-hybridized carbons (Fsp3) is 0.562. The average molecular weight is 309 g/mol. The van der Waals surface area contributed by atoms with Gasteiger partial charge in [-0.1, -0.05) is 13.8 Å². The fourth-order valence-electron chi connectivity index (χ4n) is 1.75. The summed E-state index contributed by atoms with van der Waals surface area (Å²) in [5.74, 6) is 2.31. The summed E-state index contributed by atoms with van der Waals surface area (Å²) >= 11 is 0. The molecule has 0 atom stereocenters. The molecule has 22 heavy (non-hydrogen) atoms. The van der Waals surface area contributed by atoms with Gasteiger partial charge in [0.25, 0.3) is 0 Å². The second-order valence-corrected chi connectivity index (χ2v) is 5.26. The number of methoxy groups -OCH3 is 2. The van der Waals surface area contributed by atoms with Crippen LogP contribution in [0.2, 0.25) is 0 Å². The number of hydrogen-bond donors (Lipinski definition) is 2. The summed E-state index contributed by atoms with van der Waals surface area (Å²) in [6.07, 6.45) is 1.06. The molecule has 1 aromatic carbocycles. The van der Waals surface area contributed by atoms with Crippen molar-refractivity contribution in [1.29, 1.82) is 0 Å². The molecule has 0 saturated heterocycles. The zero-order valence-corrected chi connectivity index (χ0v) is 13.9. The van der Waals surface area contributed by atoms with Gasteiger partial charge in [0, 0.05) is 18.4 Å². The highest BCUT2D eigenvalue weighted by Gasteiger charge is 2.04. The minimum absolute atomic E-state index is 0.347. The first kappa shape index (κ1) is 18.1. The monoisotopic (exact) mass is 309 g/mol. The molecule has 0 bridgehead atoms. The van der Waals surface area contributed by atoms with Crippen molar-refractivity contribution in [2.45, 2.75) is 20.3 Å². The Kier molecular flexibility index (Phi) is 8.14. The molecule has 0 aromatic heterocycles. The molecule has 0 amide bonds. The third-order valence-corrected chi connectivity index (χ3v) is 3.01. The molecule has 0 spiro atoms. The van der Waals surface area contributed by atoms with Crippen molar-refractivity contribution in [1.82, 2.24) is 0 Å². The normalized spacial score (nSPS) is 11.6. The van der Waals surface area contributed by atoms with Crippen LogP contribution in [0.5, 0.6) is 11.5 Å². The Morgan fingerprint density at radius 2 is 1.91 bits per heavy atom.